The second-order valence-corrected chi connectivity index (χ2v) is 10.2. The van der Waals surface area contributed by atoms with Crippen LogP contribution in [0.15, 0.2) is 55.0 Å². The van der Waals surface area contributed by atoms with Gasteiger partial charge in [0, 0.05) is 67.8 Å². The van der Waals surface area contributed by atoms with Crippen molar-refractivity contribution in [2.24, 2.45) is 0 Å². The molecule has 0 aromatic carbocycles. The maximum absolute atomic E-state index is 12.4. The molecule has 0 spiro atoms. The minimum absolute atomic E-state index is 0. The van der Waals surface area contributed by atoms with E-state index in [1.165, 1.54) is 0 Å². The van der Waals surface area contributed by atoms with Crippen LogP contribution in [0.2, 0.25) is 0 Å². The molecule has 2 saturated heterocycles. The zero-order valence-electron chi connectivity index (χ0n) is 20.2. The summed E-state index contributed by atoms with van der Waals surface area (Å²) in [6.45, 7) is 2.12. The molecule has 2 aliphatic heterocycles. The van der Waals surface area contributed by atoms with E-state index in [0.717, 1.165) is 55.9 Å². The van der Waals surface area contributed by atoms with Gasteiger partial charge in [0.15, 0.2) is 0 Å². The summed E-state index contributed by atoms with van der Waals surface area (Å²) in [5.74, 6) is 1.07. The molecule has 196 valence electrons. The Morgan fingerprint density at radius 3 is 2.72 bits per heavy atom. The van der Waals surface area contributed by atoms with Crippen LogP contribution < -0.4 is 16.0 Å². The summed E-state index contributed by atoms with van der Waals surface area (Å²) in [5, 5.41) is 9.51. The number of thioether (sulfide) groups is 1. The molecule has 2 aliphatic rings. The average molecular weight is 558 g/mol. The van der Waals surface area contributed by atoms with Gasteiger partial charge in [-0.05, 0) is 43.2 Å². The normalized spacial score (nSPS) is 20.3. The fourth-order valence-corrected chi connectivity index (χ4v) is 5.97. The van der Waals surface area contributed by atoms with Gasteiger partial charge in [-0.15, -0.1) is 0 Å². The van der Waals surface area contributed by atoms with Crippen LogP contribution in [-0.4, -0.2) is 69.5 Å². The Hall–Kier alpha value is -2.55. The molecule has 3 N–H and O–H groups in total. The molecule has 2 fully saturated rings. The molecule has 3 amide bonds. The fourth-order valence-electron chi connectivity index (χ4n) is 4.42. The van der Waals surface area contributed by atoms with Crippen LogP contribution in [0, 0.1) is 0 Å². The van der Waals surface area contributed by atoms with Crippen molar-refractivity contribution in [1.82, 2.24) is 30.8 Å². The summed E-state index contributed by atoms with van der Waals surface area (Å²) in [6.07, 6.45) is 11.9. The number of pyridine rings is 2. The third kappa shape index (κ3) is 8.83. The van der Waals surface area contributed by atoms with Crippen molar-refractivity contribution in [2.75, 3.05) is 25.4 Å². The van der Waals surface area contributed by atoms with Crippen molar-refractivity contribution in [3.63, 3.8) is 0 Å². The third-order valence-corrected chi connectivity index (χ3v) is 7.84. The SMILES string of the molecule is O=C(CCCC[C@@H]1SC[C@@H]2NC(=O)N[C@@H]21)NCCN(/C=C\c1ccccn1)CCc1ccccn1.[Cu+]. The van der Waals surface area contributed by atoms with Gasteiger partial charge in [-0.25, -0.2) is 4.79 Å². The van der Waals surface area contributed by atoms with Crippen LogP contribution >= 0.6 is 11.8 Å². The van der Waals surface area contributed by atoms with E-state index in [9.17, 15) is 9.59 Å². The smallest absolute Gasteiger partial charge is 0.375 e. The first-order chi connectivity index (χ1) is 17.2. The Bertz CT molecular complexity index is 981. The Morgan fingerprint density at radius 2 is 1.94 bits per heavy atom. The Kier molecular flexibility index (Phi) is 11.6. The second kappa shape index (κ2) is 14.9. The van der Waals surface area contributed by atoms with E-state index < -0.39 is 0 Å². The van der Waals surface area contributed by atoms with Gasteiger partial charge < -0.3 is 20.9 Å². The van der Waals surface area contributed by atoms with E-state index in [-0.39, 0.29) is 41.1 Å². The van der Waals surface area contributed by atoms with Crippen LogP contribution in [0.5, 0.6) is 0 Å². The van der Waals surface area contributed by atoms with E-state index in [1.807, 2.05) is 66.6 Å². The summed E-state index contributed by atoms with van der Waals surface area (Å²) in [7, 11) is 0. The number of hydrogen-bond acceptors (Lipinski definition) is 6. The zero-order chi connectivity index (χ0) is 24.3. The molecule has 2 aromatic heterocycles. The number of fused-ring (bicyclic) bond motifs is 1. The number of urea groups is 1. The number of carbonyl (C=O) groups excluding carboxylic acids is 2. The van der Waals surface area contributed by atoms with Gasteiger partial charge in [0.05, 0.1) is 17.8 Å². The molecule has 2 aromatic rings. The van der Waals surface area contributed by atoms with Crippen molar-refractivity contribution >= 4 is 29.8 Å². The predicted octanol–water partition coefficient (Wildman–Crippen LogP) is 2.83. The van der Waals surface area contributed by atoms with Gasteiger partial charge in [0.1, 0.15) is 0 Å². The Balaban J connectivity index is 0.00000361. The molecule has 4 heterocycles. The molecular formula is C26H34CuN6O2S+. The van der Waals surface area contributed by atoms with E-state index in [4.69, 9.17) is 0 Å². The number of nitrogens with one attached hydrogen (secondary N) is 3. The van der Waals surface area contributed by atoms with Gasteiger partial charge in [-0.3, -0.25) is 14.8 Å². The molecular weight excluding hydrogens is 524 g/mol. The standard InChI is InChI=1S/C26H34N6O2S.Cu/c33-24(10-2-1-9-23-25-22(19-35-23)30-26(34)31-25)29-15-18-32(16-11-20-7-3-5-13-27-20)17-12-21-8-4-6-14-28-21;/h3-8,11,13-14,16,22-23,25H,1-2,9-10,12,15,17-19H2,(H,29,33)(H2,30,31,34);/q;+1/b16-11-;/t22-,23-,25-;/m0./s1. The minimum atomic E-state index is -0.0476. The predicted molar refractivity (Wildman–Crippen MR) is 140 cm³/mol. The molecule has 0 unspecified atom stereocenters. The summed E-state index contributed by atoms with van der Waals surface area (Å²) in [4.78, 5) is 34.8. The monoisotopic (exact) mass is 557 g/mol. The van der Waals surface area contributed by atoms with Crippen LogP contribution in [0.4, 0.5) is 4.79 Å². The molecule has 3 atom stereocenters. The first kappa shape index (κ1) is 28.0. The maximum Gasteiger partial charge on any atom is 1.00 e. The average Bonchev–Trinajstić information content (AvgIpc) is 3.43. The molecule has 10 heteroatoms. The third-order valence-electron chi connectivity index (χ3n) is 6.33. The number of rotatable bonds is 13. The number of aromatic nitrogens is 2. The molecule has 4 rings (SSSR count). The first-order valence-corrected chi connectivity index (χ1v) is 13.4. The topological polar surface area (TPSA) is 99.2 Å². The van der Waals surface area contributed by atoms with Gasteiger partial charge in [0.25, 0.3) is 0 Å². The van der Waals surface area contributed by atoms with Gasteiger partial charge in [-0.2, -0.15) is 11.8 Å². The number of nitrogens with zero attached hydrogens (tertiary/aromatic N) is 3. The number of unbranched alkanes of at least 4 members (excludes halogenated alkanes) is 1. The van der Waals surface area contributed by atoms with Crippen molar-refractivity contribution in [3.8, 4) is 0 Å². The molecule has 0 bridgehead atoms. The van der Waals surface area contributed by atoms with Gasteiger partial charge in [-0.1, -0.05) is 18.6 Å². The number of carbonyl (C=O) groups is 2. The van der Waals surface area contributed by atoms with Gasteiger partial charge >= 0.3 is 23.1 Å². The van der Waals surface area contributed by atoms with E-state index >= 15 is 0 Å². The molecule has 0 saturated carbocycles. The Morgan fingerprint density at radius 1 is 1.11 bits per heavy atom. The van der Waals surface area contributed by atoms with Crippen molar-refractivity contribution in [2.45, 2.75) is 49.4 Å². The number of hydrogen-bond donors (Lipinski definition) is 3. The maximum atomic E-state index is 12.4. The Labute approximate surface area is 228 Å². The largest absolute Gasteiger partial charge is 1.00 e. The van der Waals surface area contributed by atoms with Gasteiger partial charge in [0.2, 0.25) is 5.91 Å². The zero-order valence-corrected chi connectivity index (χ0v) is 22.0. The minimum Gasteiger partial charge on any atom is -0.375 e. The van der Waals surface area contributed by atoms with Crippen LogP contribution in [-0.2, 0) is 28.3 Å². The van der Waals surface area contributed by atoms with Crippen LogP contribution in [0.3, 0.4) is 0 Å². The first-order valence-electron chi connectivity index (χ1n) is 12.4. The molecule has 0 aliphatic carbocycles. The number of amides is 3. The van der Waals surface area contributed by atoms with Crippen molar-refractivity contribution in [1.29, 1.82) is 0 Å². The van der Waals surface area contributed by atoms with E-state index in [2.05, 4.69) is 30.8 Å². The molecule has 8 nitrogen and oxygen atoms in total. The van der Waals surface area contributed by atoms with E-state index in [1.54, 1.807) is 6.20 Å². The fraction of sp³-hybridized carbons (Fsp3) is 0.462. The van der Waals surface area contributed by atoms with Crippen molar-refractivity contribution in [3.05, 3.63) is 66.4 Å². The summed E-state index contributed by atoms with van der Waals surface area (Å²) >= 11 is 1.92. The second-order valence-electron chi connectivity index (χ2n) is 8.89. The van der Waals surface area contributed by atoms with E-state index in [0.29, 0.717) is 18.2 Å². The molecule has 36 heavy (non-hydrogen) atoms. The molecule has 0 radical (unpaired) electrons. The summed E-state index contributed by atoms with van der Waals surface area (Å²) in [5.41, 5.74) is 1.95. The van der Waals surface area contributed by atoms with Crippen LogP contribution in [0.25, 0.3) is 6.08 Å². The quantitative estimate of drug-likeness (QED) is 0.199. The van der Waals surface area contributed by atoms with Crippen molar-refractivity contribution < 1.29 is 26.7 Å². The van der Waals surface area contributed by atoms with Crippen LogP contribution in [0.1, 0.15) is 37.1 Å². The summed E-state index contributed by atoms with van der Waals surface area (Å²) < 4.78 is 0. The summed E-state index contributed by atoms with van der Waals surface area (Å²) in [6, 6.07) is 12.2.